The Kier molecular flexibility index (Phi) is 6.52. The first-order valence-corrected chi connectivity index (χ1v) is 10.7. The number of hydrogen-bond acceptors (Lipinski definition) is 4. The smallest absolute Gasteiger partial charge is 0.260 e. The number of carbonyl (C=O) groups excluding carboxylic acids is 2. The fourth-order valence-electron chi connectivity index (χ4n) is 3.57. The van der Waals surface area contributed by atoms with Gasteiger partial charge in [0.2, 0.25) is 5.91 Å². The van der Waals surface area contributed by atoms with E-state index in [0.717, 1.165) is 44.5 Å². The van der Waals surface area contributed by atoms with Gasteiger partial charge < -0.3 is 19.7 Å². The molecule has 2 amide bonds. The maximum absolute atomic E-state index is 12.5. The van der Waals surface area contributed by atoms with Crippen molar-refractivity contribution in [3.8, 4) is 11.5 Å². The van der Waals surface area contributed by atoms with Crippen LogP contribution >= 0.6 is 0 Å². The summed E-state index contributed by atoms with van der Waals surface area (Å²) >= 11 is 0. The van der Waals surface area contributed by atoms with E-state index in [1.165, 1.54) is 0 Å². The Bertz CT molecular complexity index is 859. The summed E-state index contributed by atoms with van der Waals surface area (Å²) in [5.41, 5.74) is 0.705. The second kappa shape index (κ2) is 9.65. The van der Waals surface area contributed by atoms with Gasteiger partial charge in [0, 0.05) is 30.8 Å². The number of hydrogen-bond donors (Lipinski definition) is 1. The van der Waals surface area contributed by atoms with E-state index >= 15 is 0 Å². The molecular formula is C24H28N2O4. The third kappa shape index (κ3) is 5.75. The SMILES string of the molecule is O=C(Nc1cccc(OCC(=O)N2CCC(COc3ccccc3)CC2)c1)C1CC1. The molecule has 6 heteroatoms. The number of anilines is 1. The lowest BCUT2D eigenvalue weighted by Crippen LogP contribution is -2.42. The predicted molar refractivity (Wildman–Crippen MR) is 115 cm³/mol. The Hall–Kier alpha value is -3.02. The maximum Gasteiger partial charge on any atom is 0.260 e. The van der Waals surface area contributed by atoms with Crippen molar-refractivity contribution in [3.63, 3.8) is 0 Å². The van der Waals surface area contributed by atoms with Gasteiger partial charge in [0.1, 0.15) is 11.5 Å². The second-order valence-electron chi connectivity index (χ2n) is 8.03. The van der Waals surface area contributed by atoms with Crippen molar-refractivity contribution in [1.29, 1.82) is 0 Å². The predicted octanol–water partition coefficient (Wildman–Crippen LogP) is 3.73. The molecule has 1 aliphatic carbocycles. The highest BCUT2D eigenvalue weighted by Crippen LogP contribution is 2.30. The fraction of sp³-hybridized carbons (Fsp3) is 0.417. The molecule has 2 aromatic rings. The number of benzene rings is 2. The number of piperidine rings is 1. The molecule has 158 valence electrons. The number of carbonyl (C=O) groups is 2. The summed E-state index contributed by atoms with van der Waals surface area (Å²) in [5.74, 6) is 2.13. The van der Waals surface area contributed by atoms with Crippen molar-refractivity contribution in [2.75, 3.05) is 31.6 Å². The Morgan fingerprint density at radius 1 is 0.900 bits per heavy atom. The van der Waals surface area contributed by atoms with Crippen LogP contribution in [0.15, 0.2) is 54.6 Å². The first-order chi connectivity index (χ1) is 14.7. The van der Waals surface area contributed by atoms with Crippen molar-refractivity contribution in [2.45, 2.75) is 25.7 Å². The molecule has 2 aliphatic rings. The Morgan fingerprint density at radius 2 is 1.63 bits per heavy atom. The normalized spacial score (nSPS) is 16.7. The molecule has 1 heterocycles. The van der Waals surface area contributed by atoms with Gasteiger partial charge in [-0.2, -0.15) is 0 Å². The van der Waals surface area contributed by atoms with Gasteiger partial charge in [-0.3, -0.25) is 9.59 Å². The molecule has 1 aliphatic heterocycles. The number of nitrogens with zero attached hydrogens (tertiary/aromatic N) is 1. The second-order valence-corrected chi connectivity index (χ2v) is 8.03. The van der Waals surface area contributed by atoms with E-state index < -0.39 is 0 Å². The molecule has 30 heavy (non-hydrogen) atoms. The van der Waals surface area contributed by atoms with Gasteiger partial charge in [0.25, 0.3) is 5.91 Å². The number of ether oxygens (including phenoxy) is 2. The Labute approximate surface area is 177 Å². The summed E-state index contributed by atoms with van der Waals surface area (Å²) in [5, 5.41) is 2.90. The fourth-order valence-corrected chi connectivity index (χ4v) is 3.57. The summed E-state index contributed by atoms with van der Waals surface area (Å²) in [6.45, 7) is 2.14. The summed E-state index contributed by atoms with van der Waals surface area (Å²) in [7, 11) is 0. The molecular weight excluding hydrogens is 380 g/mol. The highest BCUT2D eigenvalue weighted by Gasteiger charge is 2.29. The van der Waals surface area contributed by atoms with Gasteiger partial charge in [0.05, 0.1) is 6.61 Å². The minimum absolute atomic E-state index is 0.00517. The third-order valence-corrected chi connectivity index (χ3v) is 5.61. The number of para-hydroxylation sites is 1. The molecule has 0 aromatic heterocycles. The lowest BCUT2D eigenvalue weighted by atomic mass is 9.98. The quantitative estimate of drug-likeness (QED) is 0.723. The molecule has 1 saturated heterocycles. The zero-order valence-electron chi connectivity index (χ0n) is 17.1. The molecule has 0 spiro atoms. The van der Waals surface area contributed by atoms with Gasteiger partial charge in [-0.05, 0) is 55.9 Å². The van der Waals surface area contributed by atoms with Crippen molar-refractivity contribution >= 4 is 17.5 Å². The summed E-state index contributed by atoms with van der Waals surface area (Å²) < 4.78 is 11.5. The Balaban J connectivity index is 1.18. The molecule has 0 bridgehead atoms. The molecule has 2 fully saturated rings. The van der Waals surface area contributed by atoms with Gasteiger partial charge >= 0.3 is 0 Å². The van der Waals surface area contributed by atoms with Crippen LogP contribution in [0.3, 0.4) is 0 Å². The minimum atomic E-state index is -0.00940. The Morgan fingerprint density at radius 3 is 2.37 bits per heavy atom. The van der Waals surface area contributed by atoms with Crippen molar-refractivity contribution in [2.24, 2.45) is 11.8 Å². The van der Waals surface area contributed by atoms with E-state index in [1.807, 2.05) is 47.4 Å². The maximum atomic E-state index is 12.5. The van der Waals surface area contributed by atoms with E-state index in [-0.39, 0.29) is 24.3 Å². The van der Waals surface area contributed by atoms with Gasteiger partial charge in [-0.15, -0.1) is 0 Å². The highest BCUT2D eigenvalue weighted by atomic mass is 16.5. The minimum Gasteiger partial charge on any atom is -0.493 e. The molecule has 1 N–H and O–H groups in total. The standard InChI is InChI=1S/C24H28N2O4/c27-23(17-30-22-8-4-5-20(15-22)25-24(28)19-9-10-19)26-13-11-18(12-14-26)16-29-21-6-2-1-3-7-21/h1-8,15,18-19H,9-14,16-17H2,(H,25,28). The average Bonchev–Trinajstić information content (AvgIpc) is 3.63. The van der Waals surface area contributed by atoms with E-state index in [1.54, 1.807) is 12.1 Å². The van der Waals surface area contributed by atoms with Crippen LogP contribution in [-0.4, -0.2) is 43.0 Å². The molecule has 1 saturated carbocycles. The third-order valence-electron chi connectivity index (χ3n) is 5.61. The summed E-state index contributed by atoms with van der Waals surface area (Å²) in [6, 6.07) is 17.0. The van der Waals surface area contributed by atoms with Crippen LogP contribution in [0, 0.1) is 11.8 Å². The number of amides is 2. The van der Waals surface area contributed by atoms with Crippen LogP contribution in [0.5, 0.6) is 11.5 Å². The van der Waals surface area contributed by atoms with Gasteiger partial charge in [0.15, 0.2) is 6.61 Å². The van der Waals surface area contributed by atoms with Crippen molar-refractivity contribution < 1.29 is 19.1 Å². The van der Waals surface area contributed by atoms with E-state index in [9.17, 15) is 9.59 Å². The van der Waals surface area contributed by atoms with Crippen molar-refractivity contribution in [3.05, 3.63) is 54.6 Å². The van der Waals surface area contributed by atoms with Crippen LogP contribution in [0.1, 0.15) is 25.7 Å². The van der Waals surface area contributed by atoms with Crippen LogP contribution in [0.25, 0.3) is 0 Å². The topological polar surface area (TPSA) is 67.9 Å². The van der Waals surface area contributed by atoms with E-state index in [2.05, 4.69) is 5.32 Å². The highest BCUT2D eigenvalue weighted by molar-refractivity contribution is 5.94. The number of likely N-dealkylation sites (tertiary alicyclic amines) is 1. The average molecular weight is 408 g/mol. The van der Waals surface area contributed by atoms with Crippen LogP contribution < -0.4 is 14.8 Å². The molecule has 0 unspecified atom stereocenters. The van der Waals surface area contributed by atoms with Gasteiger partial charge in [-0.1, -0.05) is 24.3 Å². The number of rotatable bonds is 8. The molecule has 2 aromatic carbocycles. The first-order valence-electron chi connectivity index (χ1n) is 10.7. The molecule has 0 atom stereocenters. The van der Waals surface area contributed by atoms with Crippen LogP contribution in [0.4, 0.5) is 5.69 Å². The van der Waals surface area contributed by atoms with E-state index in [0.29, 0.717) is 24.0 Å². The lowest BCUT2D eigenvalue weighted by molar-refractivity contribution is -0.134. The molecule has 4 rings (SSSR count). The first kappa shape index (κ1) is 20.3. The largest absolute Gasteiger partial charge is 0.493 e. The van der Waals surface area contributed by atoms with Crippen LogP contribution in [-0.2, 0) is 9.59 Å². The monoisotopic (exact) mass is 408 g/mol. The van der Waals surface area contributed by atoms with E-state index in [4.69, 9.17) is 9.47 Å². The van der Waals surface area contributed by atoms with Crippen molar-refractivity contribution in [1.82, 2.24) is 4.90 Å². The van der Waals surface area contributed by atoms with Gasteiger partial charge in [-0.25, -0.2) is 0 Å². The lowest BCUT2D eigenvalue weighted by Gasteiger charge is -2.31. The molecule has 0 radical (unpaired) electrons. The zero-order valence-corrected chi connectivity index (χ0v) is 17.1. The number of nitrogens with one attached hydrogen (secondary N) is 1. The summed E-state index contributed by atoms with van der Waals surface area (Å²) in [6.07, 6.45) is 3.79. The molecule has 6 nitrogen and oxygen atoms in total. The zero-order chi connectivity index (χ0) is 20.8. The van der Waals surface area contributed by atoms with Crippen LogP contribution in [0.2, 0.25) is 0 Å². The summed E-state index contributed by atoms with van der Waals surface area (Å²) in [4.78, 5) is 26.3.